The lowest BCUT2D eigenvalue weighted by Gasteiger charge is -2.35. The van der Waals surface area contributed by atoms with E-state index >= 15 is 0 Å². The molecule has 5 rings (SSSR count). The third-order valence-corrected chi connectivity index (χ3v) is 5.98. The molecule has 1 fully saturated rings. The Labute approximate surface area is 166 Å². The smallest absolute Gasteiger partial charge is 0.339 e. The molecule has 1 aromatic rings. The molecule has 29 heavy (non-hydrogen) atoms. The van der Waals surface area contributed by atoms with Gasteiger partial charge in [0.2, 0.25) is 0 Å². The first-order valence-corrected chi connectivity index (χ1v) is 9.34. The summed E-state index contributed by atoms with van der Waals surface area (Å²) in [6.07, 6.45) is 7.53. The van der Waals surface area contributed by atoms with Crippen LogP contribution >= 0.6 is 0 Å². The van der Waals surface area contributed by atoms with Crippen LogP contribution in [0.3, 0.4) is 0 Å². The number of hydrogen-bond donors (Lipinski definition) is 0. The Bertz CT molecular complexity index is 1070. The number of ether oxygens (including phenoxy) is 3. The van der Waals surface area contributed by atoms with Crippen LogP contribution in [0.2, 0.25) is 0 Å². The fourth-order valence-corrected chi connectivity index (χ4v) is 4.71. The van der Waals surface area contributed by atoms with E-state index in [1.807, 2.05) is 13.0 Å². The van der Waals surface area contributed by atoms with Gasteiger partial charge in [0.05, 0.1) is 29.1 Å². The minimum Gasteiger partial charge on any atom is -0.472 e. The molecule has 2 aliphatic heterocycles. The van der Waals surface area contributed by atoms with Crippen LogP contribution in [-0.2, 0) is 28.6 Å². The largest absolute Gasteiger partial charge is 0.472 e. The number of hydrogen-bond acceptors (Lipinski definition) is 7. The molecule has 148 valence electrons. The van der Waals surface area contributed by atoms with Gasteiger partial charge in [0.1, 0.15) is 12.7 Å². The molecule has 3 heterocycles. The van der Waals surface area contributed by atoms with Crippen molar-refractivity contribution in [3.05, 3.63) is 70.2 Å². The molecular formula is C22H18O7. The van der Waals surface area contributed by atoms with Crippen molar-refractivity contribution in [1.29, 1.82) is 0 Å². The van der Waals surface area contributed by atoms with Crippen molar-refractivity contribution in [3.63, 3.8) is 0 Å². The first kappa shape index (κ1) is 17.7. The molecule has 0 saturated carbocycles. The van der Waals surface area contributed by atoms with Gasteiger partial charge in [-0.3, -0.25) is 4.79 Å². The maximum Gasteiger partial charge on any atom is 0.339 e. The lowest BCUT2D eigenvalue weighted by atomic mass is 9.68. The molecule has 0 bridgehead atoms. The lowest BCUT2D eigenvalue weighted by Crippen LogP contribution is -2.33. The summed E-state index contributed by atoms with van der Waals surface area (Å²) < 4.78 is 21.6. The SMILES string of the molecule is CC(=O)O[C@H]1C=C2C(=O)OC[C@]23C=CC2=C(C(C)=C3C1)[C@H](c1ccoc1)OC2=O. The molecule has 1 aromatic heterocycles. The second kappa shape index (κ2) is 6.07. The van der Waals surface area contributed by atoms with Gasteiger partial charge in [-0.25, -0.2) is 9.59 Å². The third kappa shape index (κ3) is 2.46. The average molecular weight is 394 g/mol. The van der Waals surface area contributed by atoms with Crippen LogP contribution in [0.5, 0.6) is 0 Å². The monoisotopic (exact) mass is 394 g/mol. The zero-order valence-corrected chi connectivity index (χ0v) is 15.9. The molecule has 4 aliphatic rings. The lowest BCUT2D eigenvalue weighted by molar-refractivity contribution is -0.144. The van der Waals surface area contributed by atoms with Crippen molar-refractivity contribution < 1.29 is 33.0 Å². The van der Waals surface area contributed by atoms with Crippen molar-refractivity contribution in [2.24, 2.45) is 5.41 Å². The van der Waals surface area contributed by atoms with Crippen LogP contribution in [0.15, 0.2) is 69.1 Å². The van der Waals surface area contributed by atoms with Crippen LogP contribution in [-0.4, -0.2) is 30.6 Å². The van der Waals surface area contributed by atoms with E-state index in [9.17, 15) is 14.4 Å². The maximum absolute atomic E-state index is 12.6. The Morgan fingerprint density at radius 3 is 2.83 bits per heavy atom. The van der Waals surface area contributed by atoms with E-state index in [0.29, 0.717) is 17.6 Å². The number of carbonyl (C=O) groups is 3. The summed E-state index contributed by atoms with van der Waals surface area (Å²) in [5.74, 6) is -1.29. The van der Waals surface area contributed by atoms with Crippen molar-refractivity contribution in [1.82, 2.24) is 0 Å². The van der Waals surface area contributed by atoms with Gasteiger partial charge in [-0.1, -0.05) is 6.08 Å². The minimum atomic E-state index is -0.774. The van der Waals surface area contributed by atoms with Crippen LogP contribution in [0, 0.1) is 5.41 Å². The van der Waals surface area contributed by atoms with Gasteiger partial charge in [-0.2, -0.15) is 0 Å². The summed E-state index contributed by atoms with van der Waals surface area (Å²) >= 11 is 0. The first-order valence-electron chi connectivity index (χ1n) is 9.34. The fourth-order valence-electron chi connectivity index (χ4n) is 4.71. The van der Waals surface area contributed by atoms with Gasteiger partial charge >= 0.3 is 17.9 Å². The second-order valence-electron chi connectivity index (χ2n) is 7.59. The standard InChI is InChI=1S/C22H18O7/c1-11-16-7-14(28-12(2)23)8-17-21(25)27-10-22(16,17)5-3-15-18(11)19(29-20(15)24)13-4-6-26-9-13/h3-6,8-9,14,19H,7,10H2,1-2H3/t14-,19+,22+/m1/s1. The number of furan rings is 1. The number of carbonyl (C=O) groups excluding carboxylic acids is 3. The highest BCUT2D eigenvalue weighted by molar-refractivity contribution is 5.99. The van der Waals surface area contributed by atoms with Gasteiger partial charge in [-0.05, 0) is 36.3 Å². The van der Waals surface area contributed by atoms with E-state index in [4.69, 9.17) is 18.6 Å². The molecule has 3 atom stereocenters. The van der Waals surface area contributed by atoms with Crippen molar-refractivity contribution in [2.45, 2.75) is 32.5 Å². The molecule has 0 radical (unpaired) electrons. The van der Waals surface area contributed by atoms with Crippen molar-refractivity contribution >= 4 is 17.9 Å². The summed E-state index contributed by atoms with van der Waals surface area (Å²) in [6, 6.07) is 1.76. The average Bonchev–Trinajstić information content (AvgIpc) is 3.36. The normalized spacial score (nSPS) is 30.2. The molecule has 7 heteroatoms. The van der Waals surface area contributed by atoms with E-state index in [0.717, 1.165) is 22.3 Å². The number of rotatable bonds is 2. The molecule has 2 aliphatic carbocycles. The van der Waals surface area contributed by atoms with Gasteiger partial charge in [0.25, 0.3) is 0 Å². The highest BCUT2D eigenvalue weighted by Crippen LogP contribution is 2.54. The summed E-state index contributed by atoms with van der Waals surface area (Å²) in [5, 5.41) is 0. The second-order valence-corrected chi connectivity index (χ2v) is 7.59. The van der Waals surface area contributed by atoms with E-state index in [1.165, 1.54) is 13.2 Å². The zero-order chi connectivity index (χ0) is 20.3. The third-order valence-electron chi connectivity index (χ3n) is 5.98. The van der Waals surface area contributed by atoms with E-state index in [2.05, 4.69) is 0 Å². The van der Waals surface area contributed by atoms with E-state index in [-0.39, 0.29) is 6.61 Å². The van der Waals surface area contributed by atoms with Crippen molar-refractivity contribution in [3.8, 4) is 0 Å². The predicted octanol–water partition coefficient (Wildman–Crippen LogP) is 2.87. The first-order chi connectivity index (χ1) is 13.9. The Kier molecular flexibility index (Phi) is 3.71. The summed E-state index contributed by atoms with van der Waals surface area (Å²) in [5.41, 5.74) is 3.31. The Balaban J connectivity index is 1.70. The molecule has 0 amide bonds. The van der Waals surface area contributed by atoms with Gasteiger partial charge < -0.3 is 18.6 Å². The molecule has 7 nitrogen and oxygen atoms in total. The van der Waals surface area contributed by atoms with Gasteiger partial charge in [0, 0.05) is 24.5 Å². The summed E-state index contributed by atoms with van der Waals surface area (Å²) in [6.45, 7) is 3.39. The van der Waals surface area contributed by atoms with Crippen LogP contribution in [0.1, 0.15) is 31.9 Å². The van der Waals surface area contributed by atoms with Crippen LogP contribution < -0.4 is 0 Å². The topological polar surface area (TPSA) is 92.0 Å². The maximum atomic E-state index is 12.6. The molecule has 0 aromatic carbocycles. The Morgan fingerprint density at radius 1 is 1.28 bits per heavy atom. The van der Waals surface area contributed by atoms with Gasteiger partial charge in [0.15, 0.2) is 6.10 Å². The van der Waals surface area contributed by atoms with Crippen molar-refractivity contribution in [2.75, 3.05) is 6.61 Å². The van der Waals surface area contributed by atoms with Crippen LogP contribution in [0.4, 0.5) is 0 Å². The quantitative estimate of drug-likeness (QED) is 0.563. The highest BCUT2D eigenvalue weighted by atomic mass is 16.6. The highest BCUT2D eigenvalue weighted by Gasteiger charge is 2.53. The van der Waals surface area contributed by atoms with E-state index in [1.54, 1.807) is 24.5 Å². The Morgan fingerprint density at radius 2 is 2.10 bits per heavy atom. The van der Waals surface area contributed by atoms with Crippen LogP contribution in [0.25, 0.3) is 0 Å². The fraction of sp³-hybridized carbons (Fsp3) is 0.318. The predicted molar refractivity (Wildman–Crippen MR) is 98.1 cm³/mol. The number of cyclic esters (lactones) is 2. The Hall–Kier alpha value is -3.35. The molecule has 1 spiro atoms. The zero-order valence-electron chi connectivity index (χ0n) is 15.9. The number of esters is 3. The molecule has 1 saturated heterocycles. The minimum absolute atomic E-state index is 0.152. The molecule has 0 unspecified atom stereocenters. The molecule has 0 N–H and O–H groups in total. The van der Waals surface area contributed by atoms with Gasteiger partial charge in [-0.15, -0.1) is 0 Å². The summed E-state index contributed by atoms with van der Waals surface area (Å²) in [7, 11) is 0. The van der Waals surface area contributed by atoms with E-state index < -0.39 is 35.5 Å². The molecular weight excluding hydrogens is 376 g/mol. The summed E-state index contributed by atoms with van der Waals surface area (Å²) in [4.78, 5) is 36.6.